The minimum atomic E-state index is -0.105. The van der Waals surface area contributed by atoms with Gasteiger partial charge in [0.15, 0.2) is 16.7 Å². The second kappa shape index (κ2) is 8.90. The molecular formula is C26H21N3O4S2. The summed E-state index contributed by atoms with van der Waals surface area (Å²) in [4.78, 5) is 24.1. The molecule has 0 aromatic heterocycles. The highest BCUT2D eigenvalue weighted by Gasteiger charge is 2.40. The minimum absolute atomic E-state index is 0.105. The van der Waals surface area contributed by atoms with E-state index in [4.69, 9.17) is 19.2 Å². The Morgan fingerprint density at radius 1 is 0.943 bits per heavy atom. The number of para-hydroxylation sites is 1. The van der Waals surface area contributed by atoms with Gasteiger partial charge in [0.1, 0.15) is 23.9 Å². The third-order valence-electron chi connectivity index (χ3n) is 5.78. The van der Waals surface area contributed by atoms with Crippen molar-refractivity contribution < 1.29 is 19.0 Å². The molecule has 1 amide bonds. The van der Waals surface area contributed by atoms with Crippen LogP contribution < -0.4 is 24.0 Å². The highest BCUT2D eigenvalue weighted by Crippen LogP contribution is 2.51. The van der Waals surface area contributed by atoms with E-state index in [9.17, 15) is 4.79 Å². The number of hydrogen-bond acceptors (Lipinski definition) is 8. The molecule has 0 aliphatic carbocycles. The summed E-state index contributed by atoms with van der Waals surface area (Å²) >= 11 is 2.95. The van der Waals surface area contributed by atoms with Crippen molar-refractivity contribution in [1.29, 1.82) is 0 Å². The number of anilines is 2. The number of benzene rings is 3. The summed E-state index contributed by atoms with van der Waals surface area (Å²) in [5.74, 6) is 2.04. The van der Waals surface area contributed by atoms with Crippen molar-refractivity contribution in [2.24, 2.45) is 4.99 Å². The number of rotatable bonds is 3. The minimum Gasteiger partial charge on any atom is -0.497 e. The van der Waals surface area contributed by atoms with E-state index in [2.05, 4.69) is 0 Å². The van der Waals surface area contributed by atoms with Crippen LogP contribution in [0.2, 0.25) is 0 Å². The summed E-state index contributed by atoms with van der Waals surface area (Å²) in [6.07, 6.45) is 0. The van der Waals surface area contributed by atoms with Gasteiger partial charge in [-0.2, -0.15) is 0 Å². The fourth-order valence-electron chi connectivity index (χ4n) is 4.05. The van der Waals surface area contributed by atoms with Crippen LogP contribution in [0.5, 0.6) is 17.2 Å². The van der Waals surface area contributed by atoms with Crippen LogP contribution in [-0.4, -0.2) is 38.4 Å². The maximum Gasteiger partial charge on any atom is 0.274 e. The number of fused-ring (bicyclic) bond motifs is 2. The van der Waals surface area contributed by atoms with E-state index in [-0.39, 0.29) is 5.91 Å². The molecule has 0 atom stereocenters. The molecule has 3 aromatic rings. The fourth-order valence-corrected chi connectivity index (χ4v) is 6.37. The molecule has 3 aliphatic rings. The summed E-state index contributed by atoms with van der Waals surface area (Å²) in [6.45, 7) is 1.03. The molecule has 9 heteroatoms. The Morgan fingerprint density at radius 3 is 2.54 bits per heavy atom. The number of aliphatic imine (C=N–C) groups is 1. The van der Waals surface area contributed by atoms with Gasteiger partial charge in [0.2, 0.25) is 0 Å². The van der Waals surface area contributed by atoms with Gasteiger partial charge < -0.3 is 19.1 Å². The number of nitrogens with zero attached hydrogens (tertiary/aromatic N) is 3. The molecule has 35 heavy (non-hydrogen) atoms. The van der Waals surface area contributed by atoms with E-state index in [0.717, 1.165) is 27.0 Å². The zero-order valence-electron chi connectivity index (χ0n) is 19.1. The molecule has 0 bridgehead atoms. The molecule has 0 unspecified atom stereocenters. The first-order valence-electron chi connectivity index (χ1n) is 11.0. The Kier molecular flexibility index (Phi) is 5.58. The van der Waals surface area contributed by atoms with Gasteiger partial charge >= 0.3 is 0 Å². The number of carbonyl (C=O) groups is 1. The highest BCUT2D eigenvalue weighted by atomic mass is 32.2. The lowest BCUT2D eigenvalue weighted by molar-refractivity contribution is -0.113. The number of hydrogen-bond donors (Lipinski definition) is 0. The van der Waals surface area contributed by atoms with Gasteiger partial charge in [0.05, 0.1) is 29.2 Å². The van der Waals surface area contributed by atoms with Crippen molar-refractivity contribution in [1.82, 2.24) is 0 Å². The van der Waals surface area contributed by atoms with E-state index in [1.807, 2.05) is 78.7 Å². The molecule has 176 valence electrons. The number of amidine groups is 1. The zero-order valence-corrected chi connectivity index (χ0v) is 20.7. The molecule has 6 rings (SSSR count). The topological polar surface area (TPSA) is 63.6 Å². The van der Waals surface area contributed by atoms with Crippen molar-refractivity contribution in [3.05, 3.63) is 76.7 Å². The highest BCUT2D eigenvalue weighted by molar-refractivity contribution is 8.20. The van der Waals surface area contributed by atoms with Crippen LogP contribution in [0.15, 0.2) is 86.6 Å². The van der Waals surface area contributed by atoms with Crippen molar-refractivity contribution >= 4 is 51.7 Å². The smallest absolute Gasteiger partial charge is 0.274 e. The van der Waals surface area contributed by atoms with E-state index in [1.165, 1.54) is 11.8 Å². The Hall–Kier alpha value is -3.56. The van der Waals surface area contributed by atoms with Crippen LogP contribution in [0.25, 0.3) is 0 Å². The molecule has 1 saturated heterocycles. The number of ether oxygens (including phenoxy) is 3. The second-order valence-electron chi connectivity index (χ2n) is 7.93. The SMILES string of the molecule is COc1ccc2c(c1)N(C)C(=C1SC(=Nc3ccc4c(c3)OCCO4)N(c3ccccc3)C1=O)S2. The van der Waals surface area contributed by atoms with Crippen molar-refractivity contribution in [3.63, 3.8) is 0 Å². The van der Waals surface area contributed by atoms with Crippen molar-refractivity contribution in [3.8, 4) is 17.2 Å². The van der Waals surface area contributed by atoms with Crippen LogP contribution in [0.3, 0.4) is 0 Å². The maximum absolute atomic E-state index is 13.8. The predicted molar refractivity (Wildman–Crippen MR) is 140 cm³/mol. The van der Waals surface area contributed by atoms with Gasteiger partial charge in [-0.3, -0.25) is 9.69 Å². The van der Waals surface area contributed by atoms with E-state index in [1.54, 1.807) is 23.8 Å². The normalized spacial score (nSPS) is 19.9. The molecule has 0 spiro atoms. The summed E-state index contributed by atoms with van der Waals surface area (Å²) < 4.78 is 16.7. The van der Waals surface area contributed by atoms with Crippen molar-refractivity contribution in [2.75, 3.05) is 37.2 Å². The van der Waals surface area contributed by atoms with Crippen molar-refractivity contribution in [2.45, 2.75) is 4.90 Å². The average Bonchev–Trinajstić information content (AvgIpc) is 3.39. The summed E-state index contributed by atoms with van der Waals surface area (Å²) in [6, 6.07) is 21.1. The first-order chi connectivity index (χ1) is 17.1. The number of carbonyl (C=O) groups excluding carboxylic acids is 1. The third kappa shape index (κ3) is 3.90. The molecule has 3 heterocycles. The first kappa shape index (κ1) is 21.9. The van der Waals surface area contributed by atoms with Gasteiger partial charge in [-0.1, -0.05) is 30.0 Å². The molecule has 7 nitrogen and oxygen atoms in total. The van der Waals surface area contributed by atoms with Crippen LogP contribution >= 0.6 is 23.5 Å². The zero-order chi connectivity index (χ0) is 23.9. The Morgan fingerprint density at radius 2 is 1.74 bits per heavy atom. The molecule has 0 radical (unpaired) electrons. The molecule has 0 N–H and O–H groups in total. The molecule has 3 aromatic carbocycles. The standard InChI is InChI=1S/C26H21N3O4S2/c1-28-19-15-18(31-2)9-11-22(19)34-25(28)23-24(30)29(17-6-4-3-5-7-17)26(35-23)27-16-8-10-20-21(14-16)33-13-12-32-20/h3-11,14-15H,12-13H2,1-2H3. The second-order valence-corrected chi connectivity index (χ2v) is 9.94. The summed E-state index contributed by atoms with van der Waals surface area (Å²) in [5, 5.41) is 1.46. The van der Waals surface area contributed by atoms with Gasteiger partial charge in [-0.15, -0.1) is 0 Å². The summed E-state index contributed by atoms with van der Waals surface area (Å²) in [5.41, 5.74) is 2.47. The number of methoxy groups -OCH3 is 1. The van der Waals surface area contributed by atoms with Gasteiger partial charge in [-0.25, -0.2) is 4.99 Å². The van der Waals surface area contributed by atoms with E-state index >= 15 is 0 Å². The Bertz CT molecular complexity index is 1390. The lowest BCUT2D eigenvalue weighted by Crippen LogP contribution is -2.29. The van der Waals surface area contributed by atoms with Crippen LogP contribution in [0, 0.1) is 0 Å². The maximum atomic E-state index is 13.8. The Balaban J connectivity index is 1.42. The van der Waals surface area contributed by atoms with Gasteiger partial charge in [0.25, 0.3) is 5.91 Å². The van der Waals surface area contributed by atoms with Crippen LogP contribution in [-0.2, 0) is 4.79 Å². The predicted octanol–water partition coefficient (Wildman–Crippen LogP) is 5.65. The molecule has 3 aliphatic heterocycles. The quantitative estimate of drug-likeness (QED) is 0.428. The molecule has 0 saturated carbocycles. The summed E-state index contributed by atoms with van der Waals surface area (Å²) in [7, 11) is 3.62. The van der Waals surface area contributed by atoms with E-state index < -0.39 is 0 Å². The average molecular weight is 504 g/mol. The number of amides is 1. The molecule has 1 fully saturated rings. The monoisotopic (exact) mass is 503 g/mol. The largest absolute Gasteiger partial charge is 0.497 e. The Labute approximate surface area is 211 Å². The first-order valence-corrected chi connectivity index (χ1v) is 12.7. The fraction of sp³-hybridized carbons (Fsp3) is 0.154. The lowest BCUT2D eigenvalue weighted by atomic mass is 10.2. The molecular weight excluding hydrogens is 482 g/mol. The number of thioether (sulfide) groups is 2. The van der Waals surface area contributed by atoms with E-state index in [0.29, 0.717) is 40.5 Å². The van der Waals surface area contributed by atoms with Crippen LogP contribution in [0.4, 0.5) is 17.1 Å². The van der Waals surface area contributed by atoms with Gasteiger partial charge in [-0.05, 0) is 48.2 Å². The van der Waals surface area contributed by atoms with Crippen LogP contribution in [0.1, 0.15) is 0 Å². The van der Waals surface area contributed by atoms with Gasteiger partial charge in [0, 0.05) is 24.1 Å². The third-order valence-corrected chi connectivity index (χ3v) is 8.17. The lowest BCUT2D eigenvalue weighted by Gasteiger charge is -2.19.